The Bertz CT molecular complexity index is 514. The van der Waals surface area contributed by atoms with Crippen LogP contribution in [0.25, 0.3) is 0 Å². The lowest BCUT2D eigenvalue weighted by Crippen LogP contribution is -1.92. The Morgan fingerprint density at radius 3 is 2.59 bits per heavy atom. The third-order valence-corrected chi connectivity index (χ3v) is 2.50. The molecule has 0 aliphatic carbocycles. The van der Waals surface area contributed by atoms with Gasteiger partial charge in [-0.1, -0.05) is 23.2 Å². The highest BCUT2D eigenvalue weighted by Gasteiger charge is 2.09. The molecule has 88 valence electrons. The molecular formula is C11H7Cl2FN2O. The van der Waals surface area contributed by atoms with Crippen LogP contribution < -0.4 is 10.5 Å². The highest BCUT2D eigenvalue weighted by molar-refractivity contribution is 6.32. The van der Waals surface area contributed by atoms with E-state index in [-0.39, 0.29) is 21.7 Å². The number of halogens is 3. The molecule has 1 heterocycles. The molecular weight excluding hydrogens is 266 g/mol. The van der Waals surface area contributed by atoms with Crippen molar-refractivity contribution in [3.63, 3.8) is 0 Å². The van der Waals surface area contributed by atoms with Crippen molar-refractivity contribution in [3.05, 3.63) is 46.3 Å². The molecule has 0 spiro atoms. The van der Waals surface area contributed by atoms with Gasteiger partial charge in [-0.25, -0.2) is 9.37 Å². The first-order valence-corrected chi connectivity index (χ1v) is 5.36. The molecule has 1 aromatic heterocycles. The van der Waals surface area contributed by atoms with E-state index in [2.05, 4.69) is 4.98 Å². The summed E-state index contributed by atoms with van der Waals surface area (Å²) in [5.74, 6) is -0.0136. The van der Waals surface area contributed by atoms with E-state index in [9.17, 15) is 4.39 Å². The summed E-state index contributed by atoms with van der Waals surface area (Å²) < 4.78 is 18.2. The fraction of sp³-hybridized carbons (Fsp3) is 0. The maximum Gasteiger partial charge on any atom is 0.238 e. The number of rotatable bonds is 2. The van der Waals surface area contributed by atoms with E-state index < -0.39 is 5.82 Å². The minimum Gasteiger partial charge on any atom is -0.436 e. The highest BCUT2D eigenvalue weighted by atomic mass is 35.5. The van der Waals surface area contributed by atoms with Crippen molar-refractivity contribution >= 4 is 28.9 Å². The van der Waals surface area contributed by atoms with Gasteiger partial charge in [0.1, 0.15) is 16.6 Å². The Morgan fingerprint density at radius 2 is 1.94 bits per heavy atom. The number of hydrogen-bond acceptors (Lipinski definition) is 3. The van der Waals surface area contributed by atoms with Crippen molar-refractivity contribution in [2.45, 2.75) is 0 Å². The van der Waals surface area contributed by atoms with Crippen LogP contribution >= 0.6 is 23.2 Å². The Balaban J connectivity index is 2.31. The van der Waals surface area contributed by atoms with E-state index in [0.29, 0.717) is 5.69 Å². The summed E-state index contributed by atoms with van der Waals surface area (Å²) in [7, 11) is 0. The summed E-state index contributed by atoms with van der Waals surface area (Å²) in [5.41, 5.74) is 5.92. The summed E-state index contributed by atoms with van der Waals surface area (Å²) in [4.78, 5) is 3.91. The molecule has 0 saturated heterocycles. The second-order valence-electron chi connectivity index (χ2n) is 3.23. The molecule has 6 heteroatoms. The molecule has 0 aliphatic heterocycles. The number of nitrogens with zero attached hydrogens (tertiary/aromatic N) is 1. The minimum atomic E-state index is -0.446. The summed E-state index contributed by atoms with van der Waals surface area (Å²) >= 11 is 11.7. The number of hydrogen-bond donors (Lipinski definition) is 1. The Kier molecular flexibility index (Phi) is 3.36. The molecule has 3 nitrogen and oxygen atoms in total. The van der Waals surface area contributed by atoms with Gasteiger partial charge in [0.15, 0.2) is 0 Å². The standard InChI is InChI=1S/C11H7Cl2FN2O/c12-8-3-6(14)1-2-10(8)17-11-9(13)4-7(15)5-16-11/h1-5H,15H2. The second kappa shape index (κ2) is 4.77. The zero-order chi connectivity index (χ0) is 12.4. The SMILES string of the molecule is Nc1cnc(Oc2ccc(F)cc2Cl)c(Cl)c1. The van der Waals surface area contributed by atoms with Crippen molar-refractivity contribution in [1.82, 2.24) is 4.98 Å². The van der Waals surface area contributed by atoms with E-state index in [1.165, 1.54) is 24.4 Å². The van der Waals surface area contributed by atoms with Gasteiger partial charge in [-0.05, 0) is 24.3 Å². The van der Waals surface area contributed by atoms with Crippen LogP contribution in [-0.4, -0.2) is 4.98 Å². The Labute approximate surface area is 107 Å². The van der Waals surface area contributed by atoms with Gasteiger partial charge in [-0.2, -0.15) is 0 Å². The molecule has 17 heavy (non-hydrogen) atoms. The zero-order valence-electron chi connectivity index (χ0n) is 8.45. The van der Waals surface area contributed by atoms with Gasteiger partial charge in [0.25, 0.3) is 0 Å². The van der Waals surface area contributed by atoms with Gasteiger partial charge >= 0.3 is 0 Å². The average molecular weight is 273 g/mol. The number of ether oxygens (including phenoxy) is 1. The fourth-order valence-electron chi connectivity index (χ4n) is 1.18. The molecule has 0 radical (unpaired) electrons. The highest BCUT2D eigenvalue weighted by Crippen LogP contribution is 2.32. The quantitative estimate of drug-likeness (QED) is 0.902. The van der Waals surface area contributed by atoms with Crippen LogP contribution in [0.15, 0.2) is 30.5 Å². The summed E-state index contributed by atoms with van der Waals surface area (Å²) in [5, 5.41) is 0.394. The van der Waals surface area contributed by atoms with E-state index >= 15 is 0 Å². The molecule has 2 aromatic rings. The zero-order valence-corrected chi connectivity index (χ0v) is 9.97. The van der Waals surface area contributed by atoms with Crippen LogP contribution in [0.4, 0.5) is 10.1 Å². The molecule has 2 N–H and O–H groups in total. The Morgan fingerprint density at radius 1 is 1.18 bits per heavy atom. The van der Waals surface area contributed by atoms with Crippen LogP contribution in [0.5, 0.6) is 11.6 Å². The second-order valence-corrected chi connectivity index (χ2v) is 4.05. The van der Waals surface area contributed by atoms with Gasteiger partial charge in [0.05, 0.1) is 16.9 Å². The van der Waals surface area contributed by atoms with Crippen molar-refractivity contribution in [1.29, 1.82) is 0 Å². The molecule has 1 aromatic carbocycles. The third-order valence-electron chi connectivity index (χ3n) is 1.93. The van der Waals surface area contributed by atoms with Crippen molar-refractivity contribution in [3.8, 4) is 11.6 Å². The first-order valence-electron chi connectivity index (χ1n) is 4.60. The topological polar surface area (TPSA) is 48.1 Å². The lowest BCUT2D eigenvalue weighted by molar-refractivity contribution is 0.462. The normalized spacial score (nSPS) is 10.3. The summed E-state index contributed by atoms with van der Waals surface area (Å²) in [6.45, 7) is 0. The van der Waals surface area contributed by atoms with E-state index in [1.54, 1.807) is 0 Å². The molecule has 0 bridgehead atoms. The Hall–Kier alpha value is -1.52. The molecule has 0 unspecified atom stereocenters. The van der Waals surface area contributed by atoms with E-state index in [0.717, 1.165) is 6.07 Å². The van der Waals surface area contributed by atoms with Crippen LogP contribution in [0.3, 0.4) is 0 Å². The lowest BCUT2D eigenvalue weighted by atomic mass is 10.3. The summed E-state index contributed by atoms with van der Waals surface area (Å²) in [6, 6.07) is 5.27. The predicted octanol–water partition coefficient (Wildman–Crippen LogP) is 3.90. The maximum absolute atomic E-state index is 12.8. The molecule has 0 aliphatic rings. The van der Waals surface area contributed by atoms with Crippen molar-refractivity contribution in [2.75, 3.05) is 5.73 Å². The van der Waals surface area contributed by atoms with Gasteiger partial charge in [-0.3, -0.25) is 0 Å². The van der Waals surface area contributed by atoms with E-state index in [4.69, 9.17) is 33.7 Å². The number of aromatic nitrogens is 1. The third kappa shape index (κ3) is 2.78. The molecule has 0 atom stereocenters. The first kappa shape index (κ1) is 12.0. The number of pyridine rings is 1. The molecule has 2 rings (SSSR count). The number of nitrogens with two attached hydrogens (primary N) is 1. The number of benzene rings is 1. The number of anilines is 1. The average Bonchev–Trinajstić information content (AvgIpc) is 2.25. The maximum atomic E-state index is 12.8. The van der Waals surface area contributed by atoms with Crippen molar-refractivity contribution in [2.24, 2.45) is 0 Å². The molecule has 0 saturated carbocycles. The van der Waals surface area contributed by atoms with Gasteiger partial charge in [0, 0.05) is 0 Å². The fourth-order valence-corrected chi connectivity index (χ4v) is 1.60. The summed E-state index contributed by atoms with van der Waals surface area (Å²) in [6.07, 6.45) is 1.40. The smallest absolute Gasteiger partial charge is 0.238 e. The van der Waals surface area contributed by atoms with E-state index in [1.807, 2.05) is 0 Å². The molecule has 0 fully saturated rings. The largest absolute Gasteiger partial charge is 0.436 e. The van der Waals surface area contributed by atoms with Gasteiger partial charge < -0.3 is 10.5 Å². The molecule has 0 amide bonds. The predicted molar refractivity (Wildman–Crippen MR) is 65.1 cm³/mol. The van der Waals surface area contributed by atoms with Crippen molar-refractivity contribution < 1.29 is 9.13 Å². The van der Waals surface area contributed by atoms with Crippen LogP contribution in [0.1, 0.15) is 0 Å². The lowest BCUT2D eigenvalue weighted by Gasteiger charge is -2.08. The van der Waals surface area contributed by atoms with Gasteiger partial charge in [0.2, 0.25) is 5.88 Å². The van der Waals surface area contributed by atoms with Crippen LogP contribution in [0.2, 0.25) is 10.0 Å². The van der Waals surface area contributed by atoms with Crippen LogP contribution in [-0.2, 0) is 0 Å². The minimum absolute atomic E-state index is 0.139. The number of nitrogen functional groups attached to an aromatic ring is 1. The van der Waals surface area contributed by atoms with Gasteiger partial charge in [-0.15, -0.1) is 0 Å². The monoisotopic (exact) mass is 272 g/mol. The first-order chi connectivity index (χ1) is 8.06. The van der Waals surface area contributed by atoms with Crippen LogP contribution in [0, 0.1) is 5.82 Å².